The summed E-state index contributed by atoms with van der Waals surface area (Å²) in [6.45, 7) is 0. The topological polar surface area (TPSA) is 150 Å². The van der Waals surface area contributed by atoms with Crippen LogP contribution >= 0.6 is 11.3 Å². The third-order valence-electron chi connectivity index (χ3n) is 3.17. The number of benzene rings is 1. The van der Waals surface area contributed by atoms with E-state index in [-0.39, 0.29) is 23.1 Å². The van der Waals surface area contributed by atoms with Gasteiger partial charge in [-0.2, -0.15) is 5.10 Å². The molecule has 0 radical (unpaired) electrons. The van der Waals surface area contributed by atoms with Crippen molar-refractivity contribution < 1.29 is 14.1 Å². The second kappa shape index (κ2) is 7.53. The Bertz CT molecular complexity index is 980. The summed E-state index contributed by atoms with van der Waals surface area (Å²) in [5.74, 6) is 0.274. The van der Waals surface area contributed by atoms with Crippen LogP contribution in [0.3, 0.4) is 0 Å². The van der Waals surface area contributed by atoms with Crippen LogP contribution in [0.1, 0.15) is 10.8 Å². The molecule has 0 aliphatic heterocycles. The zero-order chi connectivity index (χ0) is 18.5. The largest absolute Gasteiger partial charge is 0.455 e. The zero-order valence-electron chi connectivity index (χ0n) is 13.2. The maximum atomic E-state index is 11.7. The average molecular weight is 372 g/mol. The third kappa shape index (κ3) is 4.08. The predicted molar refractivity (Wildman–Crippen MR) is 94.6 cm³/mol. The van der Waals surface area contributed by atoms with Crippen LogP contribution in [0.15, 0.2) is 45.9 Å². The van der Waals surface area contributed by atoms with Crippen LogP contribution in [0.4, 0.5) is 10.8 Å². The highest BCUT2D eigenvalue weighted by Crippen LogP contribution is 2.30. The summed E-state index contributed by atoms with van der Waals surface area (Å²) >= 11 is 1.12. The molecule has 0 fully saturated rings. The molecule has 0 saturated heterocycles. The molecule has 0 atom stereocenters. The van der Waals surface area contributed by atoms with Crippen molar-refractivity contribution in [2.75, 3.05) is 5.73 Å². The van der Waals surface area contributed by atoms with Crippen LogP contribution in [0.2, 0.25) is 0 Å². The molecular weight excluding hydrogens is 360 g/mol. The van der Waals surface area contributed by atoms with E-state index in [0.29, 0.717) is 22.1 Å². The Hall–Kier alpha value is -3.60. The molecule has 26 heavy (non-hydrogen) atoms. The minimum atomic E-state index is -0.480. The van der Waals surface area contributed by atoms with E-state index in [4.69, 9.17) is 10.2 Å². The molecule has 3 rings (SSSR count). The van der Waals surface area contributed by atoms with Gasteiger partial charge in [0.05, 0.1) is 23.1 Å². The van der Waals surface area contributed by atoms with Gasteiger partial charge in [-0.25, -0.2) is 5.43 Å². The number of para-hydroxylation sites is 1. The van der Waals surface area contributed by atoms with Crippen molar-refractivity contribution >= 4 is 34.3 Å². The zero-order valence-corrected chi connectivity index (χ0v) is 14.0. The van der Waals surface area contributed by atoms with Gasteiger partial charge in [0.15, 0.2) is 0 Å². The Labute approximate surface area is 150 Å². The third-order valence-corrected chi connectivity index (χ3v) is 3.92. The van der Waals surface area contributed by atoms with Crippen molar-refractivity contribution in [2.24, 2.45) is 5.10 Å². The summed E-state index contributed by atoms with van der Waals surface area (Å²) < 4.78 is 5.52. The number of carbonyl (C=O) groups excluding carboxylic acids is 1. The number of furan rings is 1. The first-order chi connectivity index (χ1) is 12.5. The monoisotopic (exact) mass is 372 g/mol. The van der Waals surface area contributed by atoms with Gasteiger partial charge in [-0.1, -0.05) is 23.5 Å². The second-order valence-electron chi connectivity index (χ2n) is 4.98. The van der Waals surface area contributed by atoms with Crippen LogP contribution in [0.5, 0.6) is 0 Å². The molecule has 3 N–H and O–H groups in total. The Kier molecular flexibility index (Phi) is 4.99. The Morgan fingerprint density at radius 2 is 2.15 bits per heavy atom. The van der Waals surface area contributed by atoms with Crippen molar-refractivity contribution in [2.45, 2.75) is 6.42 Å². The number of hydrogen-bond donors (Lipinski definition) is 2. The standard InChI is InChI=1S/C15H12N6O4S/c16-15-20-19-14(26-15)7-13(22)18-17-8-9-5-6-12(25-9)10-3-1-2-4-11(10)21(23)24/h1-6,8H,7H2,(H2,16,20)(H,18,22). The van der Waals surface area contributed by atoms with Gasteiger partial charge in [0.2, 0.25) is 11.0 Å². The van der Waals surface area contributed by atoms with Gasteiger partial charge in [-0.3, -0.25) is 14.9 Å². The summed E-state index contributed by atoms with van der Waals surface area (Å²) in [4.78, 5) is 22.3. The van der Waals surface area contributed by atoms with E-state index in [0.717, 1.165) is 11.3 Å². The predicted octanol–water partition coefficient (Wildman–Crippen LogP) is 1.98. The van der Waals surface area contributed by atoms with Gasteiger partial charge in [-0.15, -0.1) is 10.2 Å². The summed E-state index contributed by atoms with van der Waals surface area (Å²) in [5, 5.41) is 23.0. The molecule has 10 nitrogen and oxygen atoms in total. The average Bonchev–Trinajstić information content (AvgIpc) is 3.24. The van der Waals surface area contributed by atoms with Gasteiger partial charge in [0, 0.05) is 6.07 Å². The van der Waals surface area contributed by atoms with E-state index < -0.39 is 4.92 Å². The summed E-state index contributed by atoms with van der Waals surface area (Å²) in [6.07, 6.45) is 1.30. The minimum absolute atomic E-state index is 0.00578. The van der Waals surface area contributed by atoms with Crippen LogP contribution in [0, 0.1) is 10.1 Å². The molecule has 0 saturated carbocycles. The van der Waals surface area contributed by atoms with Crippen molar-refractivity contribution in [1.29, 1.82) is 0 Å². The number of nitrogens with zero attached hydrogens (tertiary/aromatic N) is 4. The van der Waals surface area contributed by atoms with Gasteiger partial charge >= 0.3 is 0 Å². The van der Waals surface area contributed by atoms with Crippen LogP contribution < -0.4 is 11.2 Å². The van der Waals surface area contributed by atoms with Crippen molar-refractivity contribution in [3.63, 3.8) is 0 Å². The highest BCUT2D eigenvalue weighted by molar-refractivity contribution is 7.15. The number of nitro groups is 1. The highest BCUT2D eigenvalue weighted by Gasteiger charge is 2.16. The first-order valence-electron chi connectivity index (χ1n) is 7.26. The Balaban J connectivity index is 1.64. The number of nitrogens with one attached hydrogen (secondary N) is 1. The molecule has 0 aliphatic rings. The smallest absolute Gasteiger partial charge is 0.280 e. The fraction of sp³-hybridized carbons (Fsp3) is 0.0667. The van der Waals surface area contributed by atoms with E-state index >= 15 is 0 Å². The van der Waals surface area contributed by atoms with Crippen molar-refractivity contribution in [1.82, 2.24) is 15.6 Å². The minimum Gasteiger partial charge on any atom is -0.455 e. The van der Waals surface area contributed by atoms with Crippen molar-refractivity contribution in [3.8, 4) is 11.3 Å². The van der Waals surface area contributed by atoms with E-state index in [1.165, 1.54) is 12.3 Å². The molecule has 132 valence electrons. The fourth-order valence-electron chi connectivity index (χ4n) is 2.09. The quantitative estimate of drug-likeness (QED) is 0.381. The van der Waals surface area contributed by atoms with Gasteiger partial charge < -0.3 is 10.2 Å². The number of nitro benzene ring substituents is 1. The molecule has 0 bridgehead atoms. The lowest BCUT2D eigenvalue weighted by Crippen LogP contribution is -2.19. The van der Waals surface area contributed by atoms with Crippen molar-refractivity contribution in [3.05, 3.63) is 57.3 Å². The van der Waals surface area contributed by atoms with E-state index in [1.54, 1.807) is 30.3 Å². The number of hydrazone groups is 1. The molecule has 1 amide bonds. The molecular formula is C15H12N6O4S. The molecule has 11 heteroatoms. The first-order valence-corrected chi connectivity index (χ1v) is 8.08. The van der Waals surface area contributed by atoms with E-state index in [2.05, 4.69) is 20.7 Å². The highest BCUT2D eigenvalue weighted by atomic mass is 32.1. The molecule has 0 spiro atoms. The summed E-state index contributed by atoms with van der Waals surface area (Å²) in [5.41, 5.74) is 8.06. The van der Waals surface area contributed by atoms with Gasteiger partial charge in [0.25, 0.3) is 5.69 Å². The van der Waals surface area contributed by atoms with E-state index in [9.17, 15) is 14.9 Å². The number of hydrogen-bond acceptors (Lipinski definition) is 9. The van der Waals surface area contributed by atoms with E-state index in [1.807, 2.05) is 0 Å². The molecule has 3 aromatic rings. The molecule has 0 unspecified atom stereocenters. The molecule has 2 aromatic heterocycles. The Morgan fingerprint density at radius 1 is 1.35 bits per heavy atom. The maximum Gasteiger partial charge on any atom is 0.280 e. The number of nitrogens with two attached hydrogens (primary N) is 1. The lowest BCUT2D eigenvalue weighted by molar-refractivity contribution is -0.384. The maximum absolute atomic E-state index is 11.7. The summed E-state index contributed by atoms with van der Waals surface area (Å²) in [6, 6.07) is 9.43. The second-order valence-corrected chi connectivity index (χ2v) is 6.07. The molecule has 2 heterocycles. The number of aromatic nitrogens is 2. The van der Waals surface area contributed by atoms with Gasteiger partial charge in [-0.05, 0) is 18.2 Å². The number of amides is 1. The lowest BCUT2D eigenvalue weighted by atomic mass is 10.1. The molecule has 1 aromatic carbocycles. The molecule has 0 aliphatic carbocycles. The number of anilines is 1. The summed E-state index contributed by atoms with van der Waals surface area (Å²) in [7, 11) is 0. The number of nitrogen functional groups attached to an aromatic ring is 1. The van der Waals surface area contributed by atoms with Gasteiger partial charge in [0.1, 0.15) is 16.5 Å². The van der Waals surface area contributed by atoms with Crippen LogP contribution in [-0.2, 0) is 11.2 Å². The number of rotatable bonds is 6. The number of carbonyl (C=O) groups is 1. The fourth-order valence-corrected chi connectivity index (χ4v) is 2.70. The lowest BCUT2D eigenvalue weighted by Gasteiger charge is -1.98. The Morgan fingerprint density at radius 3 is 2.88 bits per heavy atom. The normalized spacial score (nSPS) is 10.9. The van der Waals surface area contributed by atoms with Crippen LogP contribution in [-0.4, -0.2) is 27.2 Å². The first kappa shape index (κ1) is 17.2. The SMILES string of the molecule is Nc1nnc(CC(=O)NN=Cc2ccc(-c3ccccc3[N+](=O)[O-])o2)s1. The van der Waals surface area contributed by atoms with Crippen LogP contribution in [0.25, 0.3) is 11.3 Å².